The second kappa shape index (κ2) is 4.78. The van der Waals surface area contributed by atoms with Gasteiger partial charge in [-0.1, -0.05) is 18.5 Å². The van der Waals surface area contributed by atoms with Gasteiger partial charge in [0.25, 0.3) is 0 Å². The SMILES string of the molecule is CC1CCCN(c2ncnc(Cl)c2C=O)C1. The Hall–Kier alpha value is -1.16. The van der Waals surface area contributed by atoms with E-state index in [2.05, 4.69) is 21.8 Å². The molecule has 1 aliphatic rings. The molecule has 0 aliphatic carbocycles. The number of anilines is 1. The van der Waals surface area contributed by atoms with Gasteiger partial charge < -0.3 is 4.90 Å². The van der Waals surface area contributed by atoms with Crippen LogP contribution in [0, 0.1) is 5.92 Å². The zero-order valence-electron chi connectivity index (χ0n) is 9.19. The van der Waals surface area contributed by atoms with Gasteiger partial charge in [-0.2, -0.15) is 0 Å². The number of nitrogens with zero attached hydrogens (tertiary/aromatic N) is 3. The standard InChI is InChI=1S/C11H14ClN3O/c1-8-3-2-4-15(5-8)11-9(6-16)10(12)13-7-14-11/h6-8H,2-5H2,1H3. The zero-order valence-corrected chi connectivity index (χ0v) is 9.94. The van der Waals surface area contributed by atoms with Crippen molar-refractivity contribution in [1.82, 2.24) is 9.97 Å². The molecule has 0 bridgehead atoms. The maximum Gasteiger partial charge on any atom is 0.156 e. The first kappa shape index (κ1) is 11.3. The van der Waals surface area contributed by atoms with Crippen LogP contribution >= 0.6 is 11.6 Å². The minimum atomic E-state index is 0.234. The largest absolute Gasteiger partial charge is 0.356 e. The van der Waals surface area contributed by atoms with Crippen molar-refractivity contribution in [2.75, 3.05) is 18.0 Å². The average Bonchev–Trinajstić information content (AvgIpc) is 2.28. The van der Waals surface area contributed by atoms with E-state index >= 15 is 0 Å². The van der Waals surface area contributed by atoms with Crippen molar-refractivity contribution in [2.24, 2.45) is 5.92 Å². The molecule has 0 saturated carbocycles. The van der Waals surface area contributed by atoms with E-state index in [4.69, 9.17) is 11.6 Å². The summed E-state index contributed by atoms with van der Waals surface area (Å²) in [6.07, 6.45) is 4.49. The Labute approximate surface area is 99.6 Å². The van der Waals surface area contributed by atoms with Crippen LogP contribution < -0.4 is 4.90 Å². The number of rotatable bonds is 2. The van der Waals surface area contributed by atoms with Gasteiger partial charge in [0, 0.05) is 13.1 Å². The Morgan fingerprint density at radius 1 is 1.56 bits per heavy atom. The van der Waals surface area contributed by atoms with Crippen LogP contribution in [-0.4, -0.2) is 29.3 Å². The molecule has 1 saturated heterocycles. The molecule has 0 spiro atoms. The second-order valence-corrected chi connectivity index (χ2v) is 4.57. The molecule has 2 rings (SSSR count). The number of carbonyl (C=O) groups excluding carboxylic acids is 1. The smallest absolute Gasteiger partial charge is 0.156 e. The maximum atomic E-state index is 11.0. The topological polar surface area (TPSA) is 46.1 Å². The van der Waals surface area contributed by atoms with E-state index in [0.717, 1.165) is 25.8 Å². The number of carbonyl (C=O) groups is 1. The maximum absolute atomic E-state index is 11.0. The normalized spacial score (nSPS) is 20.9. The van der Waals surface area contributed by atoms with Crippen LogP contribution in [0.5, 0.6) is 0 Å². The lowest BCUT2D eigenvalue weighted by Crippen LogP contribution is -2.35. The van der Waals surface area contributed by atoms with Gasteiger partial charge in [-0.05, 0) is 18.8 Å². The molecule has 0 aromatic carbocycles. The number of aromatic nitrogens is 2. The third-order valence-corrected chi connectivity index (χ3v) is 3.19. The van der Waals surface area contributed by atoms with Gasteiger partial charge in [0.15, 0.2) is 6.29 Å². The average molecular weight is 240 g/mol. The van der Waals surface area contributed by atoms with Gasteiger partial charge in [-0.25, -0.2) is 9.97 Å². The number of aldehydes is 1. The van der Waals surface area contributed by atoms with Crippen LogP contribution in [0.25, 0.3) is 0 Å². The Morgan fingerprint density at radius 2 is 2.38 bits per heavy atom. The molecule has 1 fully saturated rings. The van der Waals surface area contributed by atoms with Gasteiger partial charge in [0.1, 0.15) is 17.3 Å². The molecule has 1 unspecified atom stereocenters. The van der Waals surface area contributed by atoms with Crippen molar-refractivity contribution in [3.05, 3.63) is 17.0 Å². The third-order valence-electron chi connectivity index (χ3n) is 2.89. The molecule has 1 atom stereocenters. The third kappa shape index (κ3) is 2.16. The van der Waals surface area contributed by atoms with Gasteiger partial charge >= 0.3 is 0 Å². The van der Waals surface area contributed by atoms with Crippen LogP contribution in [0.4, 0.5) is 5.82 Å². The molecule has 0 radical (unpaired) electrons. The highest BCUT2D eigenvalue weighted by molar-refractivity contribution is 6.32. The van der Waals surface area contributed by atoms with Crippen molar-refractivity contribution in [3.63, 3.8) is 0 Å². The van der Waals surface area contributed by atoms with Crippen LogP contribution in [0.15, 0.2) is 6.33 Å². The molecular formula is C11H14ClN3O. The van der Waals surface area contributed by atoms with E-state index in [1.807, 2.05) is 0 Å². The van der Waals surface area contributed by atoms with Gasteiger partial charge in [0.2, 0.25) is 0 Å². The van der Waals surface area contributed by atoms with Crippen LogP contribution in [-0.2, 0) is 0 Å². The van der Waals surface area contributed by atoms with Crippen LogP contribution in [0.2, 0.25) is 5.15 Å². The lowest BCUT2D eigenvalue weighted by atomic mass is 10.00. The van der Waals surface area contributed by atoms with E-state index in [-0.39, 0.29) is 5.15 Å². The van der Waals surface area contributed by atoms with Crippen molar-refractivity contribution in [2.45, 2.75) is 19.8 Å². The van der Waals surface area contributed by atoms with Crippen molar-refractivity contribution in [1.29, 1.82) is 0 Å². The molecule has 5 heteroatoms. The molecule has 2 heterocycles. The summed E-state index contributed by atoms with van der Waals surface area (Å²) in [4.78, 5) is 21.1. The molecule has 4 nitrogen and oxygen atoms in total. The minimum absolute atomic E-state index is 0.234. The van der Waals surface area contributed by atoms with E-state index in [9.17, 15) is 4.79 Å². The minimum Gasteiger partial charge on any atom is -0.356 e. The fraction of sp³-hybridized carbons (Fsp3) is 0.545. The molecular weight excluding hydrogens is 226 g/mol. The number of halogens is 1. The summed E-state index contributed by atoms with van der Waals surface area (Å²) in [5.41, 5.74) is 0.401. The van der Waals surface area contributed by atoms with E-state index < -0.39 is 0 Å². The summed E-state index contributed by atoms with van der Waals surface area (Å²) in [5.74, 6) is 1.29. The Bertz CT molecular complexity index is 397. The lowest BCUT2D eigenvalue weighted by Gasteiger charge is -2.32. The highest BCUT2D eigenvalue weighted by Gasteiger charge is 2.21. The highest BCUT2D eigenvalue weighted by atomic mass is 35.5. The zero-order chi connectivity index (χ0) is 11.5. The second-order valence-electron chi connectivity index (χ2n) is 4.21. The Morgan fingerprint density at radius 3 is 3.06 bits per heavy atom. The summed E-state index contributed by atoms with van der Waals surface area (Å²) in [6.45, 7) is 4.06. The Kier molecular flexibility index (Phi) is 3.39. The molecule has 1 aromatic heterocycles. The summed E-state index contributed by atoms with van der Waals surface area (Å²) >= 11 is 5.88. The first-order valence-electron chi connectivity index (χ1n) is 5.43. The highest BCUT2D eigenvalue weighted by Crippen LogP contribution is 2.26. The number of piperidine rings is 1. The van der Waals surface area contributed by atoms with E-state index in [1.54, 1.807) is 0 Å². The first-order chi connectivity index (χ1) is 7.72. The molecule has 16 heavy (non-hydrogen) atoms. The van der Waals surface area contributed by atoms with Gasteiger partial charge in [-0.3, -0.25) is 4.79 Å². The molecule has 0 N–H and O–H groups in total. The number of hydrogen-bond acceptors (Lipinski definition) is 4. The van der Waals surface area contributed by atoms with Crippen molar-refractivity contribution < 1.29 is 4.79 Å². The summed E-state index contributed by atoms with van der Waals surface area (Å²) < 4.78 is 0. The molecule has 1 aromatic rings. The fourth-order valence-corrected chi connectivity index (χ4v) is 2.27. The predicted molar refractivity (Wildman–Crippen MR) is 63.0 cm³/mol. The quantitative estimate of drug-likeness (QED) is 0.586. The van der Waals surface area contributed by atoms with Crippen molar-refractivity contribution >= 4 is 23.7 Å². The predicted octanol–water partition coefficient (Wildman–Crippen LogP) is 2.18. The monoisotopic (exact) mass is 239 g/mol. The Balaban J connectivity index is 2.32. The van der Waals surface area contributed by atoms with Gasteiger partial charge in [-0.15, -0.1) is 0 Å². The van der Waals surface area contributed by atoms with Crippen LogP contribution in [0.3, 0.4) is 0 Å². The van der Waals surface area contributed by atoms with Gasteiger partial charge in [0.05, 0.1) is 5.56 Å². The summed E-state index contributed by atoms with van der Waals surface area (Å²) in [5, 5.41) is 0.234. The molecule has 1 aliphatic heterocycles. The van der Waals surface area contributed by atoms with Crippen LogP contribution in [0.1, 0.15) is 30.1 Å². The van der Waals surface area contributed by atoms with E-state index in [0.29, 0.717) is 17.3 Å². The van der Waals surface area contributed by atoms with E-state index in [1.165, 1.54) is 12.7 Å². The van der Waals surface area contributed by atoms with Crippen molar-refractivity contribution in [3.8, 4) is 0 Å². The summed E-state index contributed by atoms with van der Waals surface area (Å²) in [7, 11) is 0. The fourth-order valence-electron chi connectivity index (χ4n) is 2.10. The summed E-state index contributed by atoms with van der Waals surface area (Å²) in [6, 6.07) is 0. The lowest BCUT2D eigenvalue weighted by molar-refractivity contribution is 0.112. The molecule has 0 amide bonds. The molecule has 86 valence electrons. The number of hydrogen-bond donors (Lipinski definition) is 0. The first-order valence-corrected chi connectivity index (χ1v) is 5.80.